The zero-order valence-corrected chi connectivity index (χ0v) is 15.4. The minimum absolute atomic E-state index is 0.173. The molecule has 0 fully saturated rings. The third kappa shape index (κ3) is 4.86. The Morgan fingerprint density at radius 1 is 0.731 bits per heavy atom. The predicted molar refractivity (Wildman–Crippen MR) is 104 cm³/mol. The fourth-order valence-electron chi connectivity index (χ4n) is 3.40. The zero-order chi connectivity index (χ0) is 18.2. The van der Waals surface area contributed by atoms with E-state index in [-0.39, 0.29) is 6.61 Å². The van der Waals surface area contributed by atoms with Crippen LogP contribution < -0.4 is 0 Å². The molecule has 3 nitrogen and oxygen atoms in total. The highest BCUT2D eigenvalue weighted by atomic mass is 31.1. The Kier molecular flexibility index (Phi) is 6.30. The van der Waals surface area contributed by atoms with E-state index < -0.39 is 13.7 Å². The van der Waals surface area contributed by atoms with Gasteiger partial charge in [-0.2, -0.15) is 0 Å². The second kappa shape index (κ2) is 8.86. The van der Waals surface area contributed by atoms with Crippen molar-refractivity contribution in [1.82, 2.24) is 0 Å². The molecule has 4 heteroatoms. The first-order chi connectivity index (χ1) is 12.7. The lowest BCUT2D eigenvalue weighted by Crippen LogP contribution is -2.36. The molecule has 1 atom stereocenters. The van der Waals surface area contributed by atoms with Gasteiger partial charge in [0.15, 0.2) is 0 Å². The van der Waals surface area contributed by atoms with Crippen molar-refractivity contribution in [1.29, 1.82) is 0 Å². The second-order valence-corrected chi connectivity index (χ2v) is 7.22. The fourth-order valence-corrected chi connectivity index (χ4v) is 3.75. The second-order valence-electron chi connectivity index (χ2n) is 6.48. The van der Waals surface area contributed by atoms with Gasteiger partial charge in [-0.05, 0) is 29.5 Å². The Hall–Kier alpha value is -2.32. The van der Waals surface area contributed by atoms with Crippen LogP contribution in [0.15, 0.2) is 91.0 Å². The van der Waals surface area contributed by atoms with Crippen molar-refractivity contribution in [3.8, 4) is 0 Å². The summed E-state index contributed by atoms with van der Waals surface area (Å²) in [5.74, 6) is 0. The molecule has 0 aliphatic rings. The highest BCUT2D eigenvalue weighted by Gasteiger charge is 2.36. The first kappa shape index (κ1) is 18.5. The molecule has 1 N–H and O–H groups in total. The first-order valence-corrected chi connectivity index (χ1v) is 9.73. The minimum Gasteiger partial charge on any atom is -0.133 e. The molecule has 0 heterocycles. The lowest BCUT2D eigenvalue weighted by Gasteiger charge is -2.33. The van der Waals surface area contributed by atoms with Crippen molar-refractivity contribution in [3.05, 3.63) is 108 Å². The monoisotopic (exact) mass is 365 g/mol. The van der Waals surface area contributed by atoms with Crippen molar-refractivity contribution >= 4 is 8.25 Å². The molecule has 1 unspecified atom stereocenters. The van der Waals surface area contributed by atoms with Crippen LogP contribution in [0.1, 0.15) is 16.7 Å². The number of hydrogen-bond acceptors (Lipinski definition) is 2. The van der Waals surface area contributed by atoms with Gasteiger partial charge in [-0.15, -0.1) is 9.42 Å². The van der Waals surface area contributed by atoms with Crippen LogP contribution in [-0.4, -0.2) is 11.5 Å². The number of hydrogen-bond donors (Lipinski definition) is 1. The van der Waals surface area contributed by atoms with Gasteiger partial charge in [-0.25, -0.2) is 0 Å². The Morgan fingerprint density at radius 3 is 1.58 bits per heavy atom. The molecule has 3 aromatic rings. The van der Waals surface area contributed by atoms with E-state index >= 15 is 0 Å². The molecule has 0 aromatic heterocycles. The third-order valence-corrected chi connectivity index (χ3v) is 4.96. The van der Waals surface area contributed by atoms with E-state index in [4.69, 9.17) is 4.52 Å². The van der Waals surface area contributed by atoms with Crippen molar-refractivity contribution < 1.29 is 14.0 Å². The molecule has 132 valence electrons. The molecular weight excluding hydrogens is 343 g/mol. The van der Waals surface area contributed by atoms with E-state index in [1.54, 1.807) is 0 Å². The van der Waals surface area contributed by atoms with Crippen molar-refractivity contribution in [2.24, 2.45) is 0 Å². The summed E-state index contributed by atoms with van der Waals surface area (Å²) in [6, 6.07) is 30.5. The Balaban J connectivity index is 2.04. The maximum atomic E-state index is 11.3. The van der Waals surface area contributed by atoms with Crippen LogP contribution in [0.4, 0.5) is 0 Å². The average molecular weight is 365 g/mol. The molecule has 0 spiro atoms. The summed E-state index contributed by atoms with van der Waals surface area (Å²) in [4.78, 5) is 9.28. The van der Waals surface area contributed by atoms with Gasteiger partial charge in [-0.3, -0.25) is 0 Å². The van der Waals surface area contributed by atoms with Crippen molar-refractivity contribution in [2.75, 3.05) is 6.61 Å². The van der Waals surface area contributed by atoms with Gasteiger partial charge in [0.05, 0.1) is 0 Å². The van der Waals surface area contributed by atoms with E-state index in [0.29, 0.717) is 0 Å². The van der Waals surface area contributed by atoms with E-state index in [2.05, 4.69) is 36.4 Å². The topological polar surface area (TPSA) is 46.5 Å². The van der Waals surface area contributed by atoms with Crippen LogP contribution in [0.2, 0.25) is 0 Å². The van der Waals surface area contributed by atoms with Gasteiger partial charge in [-0.1, -0.05) is 91.0 Å². The van der Waals surface area contributed by atoms with Gasteiger partial charge in [0.2, 0.25) is 0 Å². The fraction of sp³-hybridized carbons (Fsp3) is 0.182. The molecule has 3 aromatic carbocycles. The van der Waals surface area contributed by atoms with Gasteiger partial charge in [0.25, 0.3) is 0 Å². The highest BCUT2D eigenvalue weighted by Crippen LogP contribution is 2.35. The molecule has 0 amide bonds. The maximum Gasteiger partial charge on any atom is 0.694 e. The molecule has 0 saturated carbocycles. The van der Waals surface area contributed by atoms with E-state index in [9.17, 15) is 9.46 Å². The van der Waals surface area contributed by atoms with E-state index in [1.165, 1.54) is 11.1 Å². The summed E-state index contributed by atoms with van der Waals surface area (Å²) in [5, 5.41) is 0. The largest absolute Gasteiger partial charge is 0.694 e. The van der Waals surface area contributed by atoms with Crippen molar-refractivity contribution in [3.63, 3.8) is 0 Å². The summed E-state index contributed by atoms with van der Waals surface area (Å²) in [7, 11) is -2.65. The lowest BCUT2D eigenvalue weighted by atomic mass is 9.72. The summed E-state index contributed by atoms with van der Waals surface area (Å²) in [6.45, 7) is 0.173. The average Bonchev–Trinajstić information content (AvgIpc) is 2.68. The maximum absolute atomic E-state index is 11.3. The van der Waals surface area contributed by atoms with E-state index in [1.807, 2.05) is 54.6 Å². The lowest BCUT2D eigenvalue weighted by molar-refractivity contribution is 0.198. The quantitative estimate of drug-likeness (QED) is 0.567. The van der Waals surface area contributed by atoms with Crippen LogP contribution in [0, 0.1) is 0 Å². The number of benzene rings is 3. The minimum atomic E-state index is -2.65. The molecular formula is C22H22O3P+. The Bertz CT molecular complexity index is 778. The molecule has 0 radical (unpaired) electrons. The normalized spacial score (nSPS) is 12.0. The Morgan fingerprint density at radius 2 is 1.15 bits per heavy atom. The molecule has 0 aliphatic carbocycles. The van der Waals surface area contributed by atoms with Gasteiger partial charge in [0, 0.05) is 9.98 Å². The number of rotatable bonds is 8. The zero-order valence-electron chi connectivity index (χ0n) is 14.5. The SMILES string of the molecule is O=[P+](O)OCC(Cc1ccccc1)(Cc1ccccc1)c1ccccc1. The summed E-state index contributed by atoms with van der Waals surface area (Å²) >= 11 is 0. The first-order valence-electron chi connectivity index (χ1n) is 8.60. The van der Waals surface area contributed by atoms with Gasteiger partial charge >= 0.3 is 8.25 Å². The molecule has 26 heavy (non-hydrogen) atoms. The van der Waals surface area contributed by atoms with Crippen LogP contribution in [0.5, 0.6) is 0 Å². The van der Waals surface area contributed by atoms with Crippen LogP contribution in [0.25, 0.3) is 0 Å². The molecule has 0 aliphatic heterocycles. The summed E-state index contributed by atoms with van der Waals surface area (Å²) in [5.41, 5.74) is 3.01. The molecule has 0 saturated heterocycles. The van der Waals surface area contributed by atoms with Crippen LogP contribution >= 0.6 is 8.25 Å². The summed E-state index contributed by atoms with van der Waals surface area (Å²) in [6.07, 6.45) is 1.44. The highest BCUT2D eigenvalue weighted by molar-refractivity contribution is 7.32. The van der Waals surface area contributed by atoms with Crippen LogP contribution in [-0.2, 0) is 27.3 Å². The summed E-state index contributed by atoms with van der Waals surface area (Å²) < 4.78 is 16.6. The van der Waals surface area contributed by atoms with E-state index in [0.717, 1.165) is 18.4 Å². The predicted octanol–water partition coefficient (Wildman–Crippen LogP) is 5.08. The Labute approximate surface area is 155 Å². The molecule has 0 bridgehead atoms. The third-order valence-electron chi connectivity index (χ3n) is 4.61. The van der Waals surface area contributed by atoms with Gasteiger partial charge in [0.1, 0.15) is 6.61 Å². The van der Waals surface area contributed by atoms with Crippen molar-refractivity contribution in [2.45, 2.75) is 18.3 Å². The van der Waals surface area contributed by atoms with Gasteiger partial charge < -0.3 is 0 Å². The molecule has 3 rings (SSSR count). The smallest absolute Gasteiger partial charge is 0.133 e. The standard InChI is InChI=1S/C22H21O3P/c23-26(24)25-18-22(21-14-8-3-9-15-21,16-19-10-4-1-5-11-19)17-20-12-6-2-7-13-20/h1-15H,16-18H2/p+1. The van der Waals surface area contributed by atoms with Crippen LogP contribution in [0.3, 0.4) is 0 Å².